The largest absolute Gasteiger partial charge is 0.356 e. The van der Waals surface area contributed by atoms with Gasteiger partial charge in [0.05, 0.1) is 25.5 Å². The smallest absolute Gasteiger partial charge is 0.243 e. The van der Waals surface area contributed by atoms with Crippen LogP contribution in [0, 0.1) is 5.92 Å². The third-order valence-corrected chi connectivity index (χ3v) is 6.27. The highest BCUT2D eigenvalue weighted by Crippen LogP contribution is 2.23. The SMILES string of the molecule is C[NH+](C)CCCNC(=O)C1CCN(S(=O)(=O)c2ccccc2)CC1. The Bertz CT molecular complexity index is 624. The van der Waals surface area contributed by atoms with Gasteiger partial charge in [-0.05, 0) is 25.0 Å². The Morgan fingerprint density at radius 2 is 1.83 bits per heavy atom. The third-order valence-electron chi connectivity index (χ3n) is 4.36. The number of nitrogens with one attached hydrogen (secondary N) is 2. The number of rotatable bonds is 7. The molecule has 0 aromatic heterocycles. The van der Waals surface area contributed by atoms with Crippen molar-refractivity contribution in [1.29, 1.82) is 0 Å². The molecule has 1 fully saturated rings. The molecule has 1 amide bonds. The van der Waals surface area contributed by atoms with Crippen molar-refractivity contribution in [3.63, 3.8) is 0 Å². The van der Waals surface area contributed by atoms with Gasteiger partial charge in [-0.3, -0.25) is 4.79 Å². The van der Waals surface area contributed by atoms with Crippen molar-refractivity contribution >= 4 is 15.9 Å². The minimum Gasteiger partial charge on any atom is -0.356 e. The quantitative estimate of drug-likeness (QED) is 0.663. The molecule has 0 aliphatic carbocycles. The van der Waals surface area contributed by atoms with Crippen molar-refractivity contribution in [3.05, 3.63) is 30.3 Å². The van der Waals surface area contributed by atoms with Gasteiger partial charge in [0.25, 0.3) is 0 Å². The fraction of sp³-hybridized carbons (Fsp3) is 0.588. The number of carbonyl (C=O) groups excluding carboxylic acids is 1. The van der Waals surface area contributed by atoms with E-state index in [4.69, 9.17) is 0 Å². The second kappa shape index (κ2) is 8.60. The summed E-state index contributed by atoms with van der Waals surface area (Å²) in [5.41, 5.74) is 0. The molecule has 0 saturated carbocycles. The molecule has 1 aromatic rings. The number of carbonyl (C=O) groups is 1. The molecular weight excluding hydrogens is 326 g/mol. The molecule has 1 aliphatic rings. The zero-order valence-electron chi connectivity index (χ0n) is 14.5. The zero-order chi connectivity index (χ0) is 17.6. The standard InChI is InChI=1S/C17H27N3O3S/c1-19(2)12-6-11-18-17(21)15-9-13-20(14-10-15)24(22,23)16-7-4-3-5-8-16/h3-5,7-8,15H,6,9-14H2,1-2H3,(H,18,21)/p+1. The number of piperidine rings is 1. The van der Waals surface area contributed by atoms with Crippen molar-refractivity contribution in [2.24, 2.45) is 5.92 Å². The summed E-state index contributed by atoms with van der Waals surface area (Å²) in [5.74, 6) is -0.0283. The highest BCUT2D eigenvalue weighted by atomic mass is 32.2. The molecule has 134 valence electrons. The van der Waals surface area contributed by atoms with E-state index >= 15 is 0 Å². The Hall–Kier alpha value is -1.44. The zero-order valence-corrected chi connectivity index (χ0v) is 15.3. The molecule has 0 radical (unpaired) electrons. The summed E-state index contributed by atoms with van der Waals surface area (Å²) in [5, 5.41) is 2.97. The van der Waals surface area contributed by atoms with Gasteiger partial charge < -0.3 is 10.2 Å². The maximum absolute atomic E-state index is 12.6. The van der Waals surface area contributed by atoms with Gasteiger partial charge >= 0.3 is 0 Å². The first-order chi connectivity index (χ1) is 11.4. The number of amides is 1. The Morgan fingerprint density at radius 1 is 1.21 bits per heavy atom. The highest BCUT2D eigenvalue weighted by molar-refractivity contribution is 7.89. The van der Waals surface area contributed by atoms with Crippen molar-refractivity contribution in [3.8, 4) is 0 Å². The van der Waals surface area contributed by atoms with E-state index in [0.717, 1.165) is 13.0 Å². The van der Waals surface area contributed by atoms with E-state index < -0.39 is 10.0 Å². The van der Waals surface area contributed by atoms with E-state index in [-0.39, 0.29) is 11.8 Å². The lowest BCUT2D eigenvalue weighted by Gasteiger charge is -2.30. The summed E-state index contributed by atoms with van der Waals surface area (Å²) in [6.07, 6.45) is 2.11. The molecule has 2 rings (SSSR count). The van der Waals surface area contributed by atoms with E-state index in [2.05, 4.69) is 19.4 Å². The number of benzene rings is 1. The lowest BCUT2D eigenvalue weighted by Crippen LogP contribution is -3.05. The first-order valence-electron chi connectivity index (χ1n) is 8.53. The Morgan fingerprint density at radius 3 is 2.42 bits per heavy atom. The van der Waals surface area contributed by atoms with Crippen molar-refractivity contribution < 1.29 is 18.1 Å². The van der Waals surface area contributed by atoms with Gasteiger partial charge in [0, 0.05) is 32.0 Å². The fourth-order valence-electron chi connectivity index (χ4n) is 2.90. The van der Waals surface area contributed by atoms with E-state index in [0.29, 0.717) is 37.4 Å². The molecule has 0 bridgehead atoms. The van der Waals surface area contributed by atoms with Gasteiger partial charge in [0.15, 0.2) is 0 Å². The molecule has 24 heavy (non-hydrogen) atoms. The van der Waals surface area contributed by atoms with Crippen LogP contribution in [0.2, 0.25) is 0 Å². The molecule has 1 aromatic carbocycles. The average molecular weight is 354 g/mol. The topological polar surface area (TPSA) is 70.9 Å². The number of sulfonamides is 1. The average Bonchev–Trinajstić information content (AvgIpc) is 2.59. The molecule has 0 atom stereocenters. The fourth-order valence-corrected chi connectivity index (χ4v) is 4.39. The minimum absolute atomic E-state index is 0.0560. The lowest BCUT2D eigenvalue weighted by molar-refractivity contribution is -0.858. The van der Waals surface area contributed by atoms with Crippen LogP contribution in [0.25, 0.3) is 0 Å². The first kappa shape index (κ1) is 18.9. The number of nitrogens with zero attached hydrogens (tertiary/aromatic N) is 1. The predicted octanol–water partition coefficient (Wildman–Crippen LogP) is -0.262. The van der Waals surface area contributed by atoms with Crippen LogP contribution in [0.3, 0.4) is 0 Å². The molecule has 1 saturated heterocycles. The summed E-state index contributed by atoms with van der Waals surface area (Å²) in [7, 11) is 0.733. The molecule has 0 unspecified atom stereocenters. The predicted molar refractivity (Wildman–Crippen MR) is 93.2 cm³/mol. The van der Waals surface area contributed by atoms with Crippen LogP contribution in [-0.4, -0.2) is 58.9 Å². The van der Waals surface area contributed by atoms with Crippen LogP contribution < -0.4 is 10.2 Å². The molecule has 6 nitrogen and oxygen atoms in total. The van der Waals surface area contributed by atoms with Crippen molar-refractivity contribution in [2.75, 3.05) is 40.3 Å². The second-order valence-corrected chi connectivity index (χ2v) is 8.53. The van der Waals surface area contributed by atoms with E-state index in [1.165, 1.54) is 9.21 Å². The maximum Gasteiger partial charge on any atom is 0.243 e. The number of hydrogen-bond donors (Lipinski definition) is 2. The Balaban J connectivity index is 1.82. The number of hydrogen-bond acceptors (Lipinski definition) is 3. The summed E-state index contributed by atoms with van der Waals surface area (Å²) < 4.78 is 26.6. The monoisotopic (exact) mass is 354 g/mol. The molecule has 1 heterocycles. The van der Waals surface area contributed by atoms with Crippen LogP contribution in [-0.2, 0) is 14.8 Å². The highest BCUT2D eigenvalue weighted by Gasteiger charge is 2.31. The third kappa shape index (κ3) is 5.03. The molecule has 1 aliphatic heterocycles. The van der Waals surface area contributed by atoms with Gasteiger partial charge in [-0.15, -0.1) is 0 Å². The normalized spacial score (nSPS) is 17.1. The van der Waals surface area contributed by atoms with E-state index in [9.17, 15) is 13.2 Å². The van der Waals surface area contributed by atoms with Gasteiger partial charge in [-0.1, -0.05) is 18.2 Å². The van der Waals surface area contributed by atoms with E-state index in [1.54, 1.807) is 30.3 Å². The van der Waals surface area contributed by atoms with Gasteiger partial charge in [0.1, 0.15) is 0 Å². The number of quaternary nitrogens is 1. The molecule has 2 N–H and O–H groups in total. The Kier molecular flexibility index (Phi) is 6.77. The second-order valence-electron chi connectivity index (χ2n) is 6.59. The minimum atomic E-state index is -3.44. The summed E-state index contributed by atoms with van der Waals surface area (Å²) in [6.45, 7) is 2.51. The first-order valence-corrected chi connectivity index (χ1v) is 9.97. The summed E-state index contributed by atoms with van der Waals surface area (Å²) in [4.78, 5) is 13.9. The summed E-state index contributed by atoms with van der Waals surface area (Å²) in [6, 6.07) is 8.47. The Labute approximate surface area is 144 Å². The van der Waals surface area contributed by atoms with Gasteiger partial charge in [0.2, 0.25) is 15.9 Å². The molecular formula is C17H28N3O3S+. The van der Waals surface area contributed by atoms with Crippen LogP contribution >= 0.6 is 0 Å². The van der Waals surface area contributed by atoms with E-state index in [1.807, 2.05) is 0 Å². The maximum atomic E-state index is 12.6. The van der Waals surface area contributed by atoms with Crippen LogP contribution in [0.5, 0.6) is 0 Å². The van der Waals surface area contributed by atoms with Crippen molar-refractivity contribution in [1.82, 2.24) is 9.62 Å². The van der Waals surface area contributed by atoms with Gasteiger partial charge in [-0.2, -0.15) is 4.31 Å². The van der Waals surface area contributed by atoms with Crippen LogP contribution in [0.4, 0.5) is 0 Å². The van der Waals surface area contributed by atoms with Crippen LogP contribution in [0.1, 0.15) is 19.3 Å². The van der Waals surface area contributed by atoms with Crippen molar-refractivity contribution in [2.45, 2.75) is 24.2 Å². The lowest BCUT2D eigenvalue weighted by atomic mass is 9.97. The van der Waals surface area contributed by atoms with Crippen LogP contribution in [0.15, 0.2) is 35.2 Å². The molecule has 7 heteroatoms. The van der Waals surface area contributed by atoms with Gasteiger partial charge in [-0.25, -0.2) is 8.42 Å². The molecule has 0 spiro atoms. The summed E-state index contributed by atoms with van der Waals surface area (Å²) >= 11 is 0.